The van der Waals surface area contributed by atoms with Crippen molar-refractivity contribution in [3.63, 3.8) is 0 Å². The highest BCUT2D eigenvalue weighted by atomic mass is 79.9. The lowest BCUT2D eigenvalue weighted by Gasteiger charge is -2.07. The molecule has 0 radical (unpaired) electrons. The Morgan fingerprint density at radius 1 is 1.40 bits per heavy atom. The van der Waals surface area contributed by atoms with Gasteiger partial charge in [-0.25, -0.2) is 0 Å². The van der Waals surface area contributed by atoms with Crippen LogP contribution in [-0.4, -0.2) is 30.4 Å². The lowest BCUT2D eigenvalue weighted by atomic mass is 10.2. The van der Waals surface area contributed by atoms with Gasteiger partial charge in [0.1, 0.15) is 6.20 Å². The average molecular weight is 405 g/mol. The Morgan fingerprint density at radius 2 is 2.20 bits per heavy atom. The minimum absolute atomic E-state index is 0.228. The first-order chi connectivity index (χ1) is 11.9. The molecule has 3 aromatic rings. The molecule has 3 rings (SSSR count). The second kappa shape index (κ2) is 6.85. The van der Waals surface area contributed by atoms with Crippen LogP contribution in [0.15, 0.2) is 47.3 Å². The van der Waals surface area contributed by atoms with Crippen LogP contribution in [0.3, 0.4) is 0 Å². The van der Waals surface area contributed by atoms with Crippen LogP contribution in [0, 0.1) is 10.1 Å². The number of aromatic nitrogens is 4. The van der Waals surface area contributed by atoms with Gasteiger partial charge in [0.25, 0.3) is 5.91 Å². The summed E-state index contributed by atoms with van der Waals surface area (Å²) in [5.74, 6) is -0.633. The first kappa shape index (κ1) is 16.8. The average Bonchev–Trinajstić information content (AvgIpc) is 3.13. The smallest absolute Gasteiger partial charge is 0.320 e. The van der Waals surface area contributed by atoms with Crippen LogP contribution in [0.4, 0.5) is 11.4 Å². The van der Waals surface area contributed by atoms with Crippen LogP contribution in [-0.2, 0) is 13.6 Å². The number of carbonyl (C=O) groups is 1. The zero-order chi connectivity index (χ0) is 18.0. The number of carbonyl (C=O) groups excluding carboxylic acids is 1. The molecule has 1 amide bonds. The summed E-state index contributed by atoms with van der Waals surface area (Å²) in [4.78, 5) is 22.7. The molecule has 0 unspecified atom stereocenters. The third kappa shape index (κ3) is 3.91. The third-order valence-electron chi connectivity index (χ3n) is 3.35. The van der Waals surface area contributed by atoms with Gasteiger partial charge >= 0.3 is 5.69 Å². The van der Waals surface area contributed by atoms with Gasteiger partial charge in [0.15, 0.2) is 0 Å². The van der Waals surface area contributed by atoms with E-state index in [1.165, 1.54) is 17.9 Å². The van der Waals surface area contributed by atoms with Gasteiger partial charge in [0.2, 0.25) is 5.69 Å². The number of halogens is 1. The summed E-state index contributed by atoms with van der Waals surface area (Å²) in [7, 11) is 1.52. The summed E-state index contributed by atoms with van der Waals surface area (Å²) in [5.41, 5.74) is 0.879. The van der Waals surface area contributed by atoms with Crippen LogP contribution in [0.2, 0.25) is 0 Å². The number of rotatable bonds is 5. The van der Waals surface area contributed by atoms with Crippen molar-refractivity contribution in [1.29, 1.82) is 0 Å². The highest BCUT2D eigenvalue weighted by Crippen LogP contribution is 2.19. The second-order valence-corrected chi connectivity index (χ2v) is 6.22. The fraction of sp³-hybridized carbons (Fsp3) is 0.133. The molecule has 0 bridgehead atoms. The minimum atomic E-state index is -0.633. The van der Waals surface area contributed by atoms with E-state index in [-0.39, 0.29) is 11.4 Å². The number of nitrogens with zero attached hydrogens (tertiary/aromatic N) is 5. The first-order valence-electron chi connectivity index (χ1n) is 7.18. The SMILES string of the molecule is Cn1cc([N+](=O)[O-])c(C(=O)Nc2cccc(Cn3cc(Br)cn3)c2)n1. The molecule has 1 aromatic carbocycles. The zero-order valence-corrected chi connectivity index (χ0v) is 14.7. The molecule has 9 nitrogen and oxygen atoms in total. The van der Waals surface area contributed by atoms with Crippen molar-refractivity contribution in [2.75, 3.05) is 5.32 Å². The Hall–Kier alpha value is -3.01. The van der Waals surface area contributed by atoms with E-state index >= 15 is 0 Å². The summed E-state index contributed by atoms with van der Waals surface area (Å²) in [6, 6.07) is 7.17. The van der Waals surface area contributed by atoms with E-state index in [0.29, 0.717) is 12.2 Å². The number of nitrogens with one attached hydrogen (secondary N) is 1. The van der Waals surface area contributed by atoms with Crippen LogP contribution in [0.25, 0.3) is 0 Å². The molecule has 0 aliphatic carbocycles. The number of hydrogen-bond acceptors (Lipinski definition) is 5. The number of aryl methyl sites for hydroxylation is 1. The molecule has 128 valence electrons. The second-order valence-electron chi connectivity index (χ2n) is 5.30. The molecule has 0 fully saturated rings. The van der Waals surface area contributed by atoms with Crippen LogP contribution < -0.4 is 5.32 Å². The van der Waals surface area contributed by atoms with Gasteiger partial charge in [-0.1, -0.05) is 12.1 Å². The molecular weight excluding hydrogens is 392 g/mol. The molecular formula is C15H13BrN6O3. The van der Waals surface area contributed by atoms with Gasteiger partial charge < -0.3 is 5.32 Å². The Labute approximate surface area is 150 Å². The summed E-state index contributed by atoms with van der Waals surface area (Å²) >= 11 is 3.33. The first-order valence-corrected chi connectivity index (χ1v) is 7.98. The van der Waals surface area contributed by atoms with E-state index in [4.69, 9.17) is 0 Å². The van der Waals surface area contributed by atoms with Crippen molar-refractivity contribution < 1.29 is 9.72 Å². The number of benzene rings is 1. The summed E-state index contributed by atoms with van der Waals surface area (Å²) in [6.45, 7) is 0.527. The van der Waals surface area contributed by atoms with E-state index in [0.717, 1.165) is 10.0 Å². The van der Waals surface area contributed by atoms with E-state index < -0.39 is 10.8 Å². The monoisotopic (exact) mass is 404 g/mol. The number of anilines is 1. The van der Waals surface area contributed by atoms with Gasteiger partial charge in [-0.05, 0) is 33.6 Å². The zero-order valence-electron chi connectivity index (χ0n) is 13.1. The maximum Gasteiger partial charge on any atom is 0.320 e. The molecule has 1 N–H and O–H groups in total. The number of amides is 1. The summed E-state index contributed by atoms with van der Waals surface area (Å²) in [5, 5.41) is 21.7. The maximum atomic E-state index is 12.3. The van der Waals surface area contributed by atoms with Crippen molar-refractivity contribution in [2.45, 2.75) is 6.54 Å². The van der Waals surface area contributed by atoms with Gasteiger partial charge in [-0.2, -0.15) is 10.2 Å². The van der Waals surface area contributed by atoms with E-state index in [9.17, 15) is 14.9 Å². The Kier molecular flexibility index (Phi) is 4.61. The lowest BCUT2D eigenvalue weighted by Crippen LogP contribution is -2.14. The Bertz CT molecular complexity index is 948. The third-order valence-corrected chi connectivity index (χ3v) is 3.76. The predicted molar refractivity (Wildman–Crippen MR) is 93.3 cm³/mol. The van der Waals surface area contributed by atoms with Crippen molar-refractivity contribution in [2.24, 2.45) is 7.05 Å². The van der Waals surface area contributed by atoms with E-state index in [1.807, 2.05) is 12.3 Å². The fourth-order valence-corrected chi connectivity index (χ4v) is 2.65. The van der Waals surface area contributed by atoms with Crippen molar-refractivity contribution in [3.8, 4) is 0 Å². The van der Waals surface area contributed by atoms with Crippen molar-refractivity contribution in [1.82, 2.24) is 19.6 Å². The lowest BCUT2D eigenvalue weighted by molar-refractivity contribution is -0.385. The normalized spacial score (nSPS) is 10.6. The molecule has 2 heterocycles. The predicted octanol–water partition coefficient (Wildman–Crippen LogP) is 2.59. The van der Waals surface area contributed by atoms with Gasteiger partial charge in [0, 0.05) is 18.9 Å². The molecule has 0 atom stereocenters. The van der Waals surface area contributed by atoms with Crippen LogP contribution >= 0.6 is 15.9 Å². The molecule has 0 spiro atoms. The van der Waals surface area contributed by atoms with Gasteiger partial charge in [-0.3, -0.25) is 24.3 Å². The molecule has 0 saturated heterocycles. The molecule has 0 saturated carbocycles. The minimum Gasteiger partial charge on any atom is -0.320 e. The molecule has 25 heavy (non-hydrogen) atoms. The molecule has 0 aliphatic rings. The highest BCUT2D eigenvalue weighted by molar-refractivity contribution is 9.10. The van der Waals surface area contributed by atoms with Gasteiger partial charge in [-0.15, -0.1) is 0 Å². The Balaban J connectivity index is 1.78. The largest absolute Gasteiger partial charge is 0.320 e. The standard InChI is InChI=1S/C15H13BrN6O3/c1-20-9-13(22(24)25)14(19-20)15(23)18-12-4-2-3-10(5-12)7-21-8-11(16)6-17-21/h2-6,8-9H,7H2,1H3,(H,18,23). The quantitative estimate of drug-likeness (QED) is 0.519. The van der Waals surface area contributed by atoms with Crippen LogP contribution in [0.1, 0.15) is 16.1 Å². The molecule has 0 aliphatic heterocycles. The van der Waals surface area contributed by atoms with E-state index in [1.54, 1.807) is 29.1 Å². The summed E-state index contributed by atoms with van der Waals surface area (Å²) in [6.07, 6.45) is 4.72. The molecule has 2 aromatic heterocycles. The van der Waals surface area contributed by atoms with Gasteiger partial charge in [0.05, 0.1) is 22.1 Å². The molecule has 10 heteroatoms. The number of nitro groups is 1. The van der Waals surface area contributed by atoms with Crippen molar-refractivity contribution >= 4 is 33.2 Å². The van der Waals surface area contributed by atoms with Crippen molar-refractivity contribution in [3.05, 3.63) is 68.7 Å². The highest BCUT2D eigenvalue weighted by Gasteiger charge is 2.24. The maximum absolute atomic E-state index is 12.3. The van der Waals surface area contributed by atoms with Crippen LogP contribution in [0.5, 0.6) is 0 Å². The summed E-state index contributed by atoms with van der Waals surface area (Å²) < 4.78 is 3.85. The topological polar surface area (TPSA) is 108 Å². The number of hydrogen-bond donors (Lipinski definition) is 1. The Morgan fingerprint density at radius 3 is 2.88 bits per heavy atom. The fourth-order valence-electron chi connectivity index (χ4n) is 2.32. The van der Waals surface area contributed by atoms with E-state index in [2.05, 4.69) is 31.4 Å².